The van der Waals surface area contributed by atoms with E-state index in [1.807, 2.05) is 35.2 Å². The molecule has 1 saturated carbocycles. The Labute approximate surface area is 161 Å². The van der Waals surface area contributed by atoms with Crippen LogP contribution in [0, 0.1) is 0 Å². The Balaban J connectivity index is 1.33. The molecule has 27 heavy (non-hydrogen) atoms. The number of ether oxygens (including phenoxy) is 1. The summed E-state index contributed by atoms with van der Waals surface area (Å²) in [4.78, 5) is 26.3. The van der Waals surface area contributed by atoms with Crippen molar-refractivity contribution in [1.29, 1.82) is 0 Å². The van der Waals surface area contributed by atoms with Crippen molar-refractivity contribution in [3.05, 3.63) is 35.9 Å². The van der Waals surface area contributed by atoms with E-state index < -0.39 is 0 Å². The Morgan fingerprint density at radius 2 is 1.89 bits per heavy atom. The molecule has 0 aromatic heterocycles. The van der Waals surface area contributed by atoms with Crippen LogP contribution >= 0.6 is 0 Å². The average molecular weight is 373 g/mol. The predicted octanol–water partition coefficient (Wildman–Crippen LogP) is 3.00. The first-order chi connectivity index (χ1) is 13.2. The van der Waals surface area contributed by atoms with Crippen LogP contribution < -0.4 is 10.6 Å². The molecule has 1 saturated heterocycles. The molecule has 3 rings (SSSR count). The molecule has 0 bridgehead atoms. The minimum atomic E-state index is -0.107. The van der Waals surface area contributed by atoms with Crippen LogP contribution in [0.25, 0.3) is 0 Å². The van der Waals surface area contributed by atoms with Crippen molar-refractivity contribution in [2.75, 3.05) is 26.2 Å². The maximum Gasteiger partial charge on any atom is 0.315 e. The second-order valence-electron chi connectivity index (χ2n) is 7.45. The number of hydrogen-bond donors (Lipinski definition) is 2. The topological polar surface area (TPSA) is 70.7 Å². The van der Waals surface area contributed by atoms with Crippen LogP contribution in [0.4, 0.5) is 4.79 Å². The number of carbonyl (C=O) groups is 2. The second kappa shape index (κ2) is 10.3. The largest absolute Gasteiger partial charge is 0.370 e. The summed E-state index contributed by atoms with van der Waals surface area (Å²) < 4.78 is 5.81. The van der Waals surface area contributed by atoms with E-state index in [4.69, 9.17) is 4.74 Å². The number of urea groups is 1. The zero-order valence-electron chi connectivity index (χ0n) is 16.0. The van der Waals surface area contributed by atoms with Gasteiger partial charge in [-0.2, -0.15) is 0 Å². The minimum absolute atomic E-state index is 0.0525. The van der Waals surface area contributed by atoms with Gasteiger partial charge in [-0.05, 0) is 24.8 Å². The fourth-order valence-corrected chi connectivity index (χ4v) is 3.83. The third-order valence-electron chi connectivity index (χ3n) is 5.38. The maximum atomic E-state index is 12.5. The highest BCUT2D eigenvalue weighted by Gasteiger charge is 2.25. The molecule has 148 valence electrons. The second-order valence-corrected chi connectivity index (χ2v) is 7.45. The van der Waals surface area contributed by atoms with Crippen molar-refractivity contribution in [1.82, 2.24) is 15.5 Å². The van der Waals surface area contributed by atoms with E-state index in [1.54, 1.807) is 0 Å². The molecule has 1 aliphatic carbocycles. The van der Waals surface area contributed by atoms with Gasteiger partial charge in [-0.1, -0.05) is 49.6 Å². The van der Waals surface area contributed by atoms with E-state index in [1.165, 1.54) is 19.3 Å². The van der Waals surface area contributed by atoms with Gasteiger partial charge in [-0.15, -0.1) is 0 Å². The Kier molecular flexibility index (Phi) is 7.51. The van der Waals surface area contributed by atoms with E-state index in [9.17, 15) is 9.59 Å². The number of amides is 3. The van der Waals surface area contributed by atoms with Crippen LogP contribution in [0.15, 0.2) is 30.3 Å². The van der Waals surface area contributed by atoms with Gasteiger partial charge in [0.25, 0.3) is 0 Å². The highest BCUT2D eigenvalue weighted by molar-refractivity contribution is 5.76. The highest BCUT2D eigenvalue weighted by Crippen LogP contribution is 2.22. The van der Waals surface area contributed by atoms with Gasteiger partial charge in [-0.25, -0.2) is 4.79 Å². The number of morpholine rings is 1. The fraction of sp³-hybridized carbons (Fsp3) is 0.619. The smallest absolute Gasteiger partial charge is 0.315 e. The maximum absolute atomic E-state index is 12.5. The van der Waals surface area contributed by atoms with Crippen molar-refractivity contribution in [2.24, 2.45) is 0 Å². The summed E-state index contributed by atoms with van der Waals surface area (Å²) in [5.74, 6) is 0.133. The Hall–Kier alpha value is -2.08. The quantitative estimate of drug-likeness (QED) is 0.753. The summed E-state index contributed by atoms with van der Waals surface area (Å²) in [5, 5.41) is 5.91. The van der Waals surface area contributed by atoms with Gasteiger partial charge in [-0.3, -0.25) is 4.79 Å². The molecule has 2 N–H and O–H groups in total. The molecule has 2 fully saturated rings. The molecule has 3 amide bonds. The molecule has 6 nitrogen and oxygen atoms in total. The summed E-state index contributed by atoms with van der Waals surface area (Å²) in [7, 11) is 0. The lowest BCUT2D eigenvalue weighted by molar-refractivity contribution is -0.139. The van der Waals surface area contributed by atoms with Gasteiger partial charge in [0.05, 0.1) is 13.2 Å². The van der Waals surface area contributed by atoms with E-state index in [0.717, 1.165) is 18.4 Å². The molecule has 6 heteroatoms. The average Bonchev–Trinajstić information content (AvgIpc) is 2.72. The lowest BCUT2D eigenvalue weighted by atomic mass is 9.96. The number of rotatable bonds is 6. The van der Waals surface area contributed by atoms with Crippen LogP contribution in [0.2, 0.25) is 0 Å². The van der Waals surface area contributed by atoms with Crippen molar-refractivity contribution in [3.8, 4) is 0 Å². The van der Waals surface area contributed by atoms with Gasteiger partial charge in [0.15, 0.2) is 0 Å². The number of hydrogen-bond acceptors (Lipinski definition) is 3. The van der Waals surface area contributed by atoms with E-state index in [2.05, 4.69) is 10.6 Å². The molecule has 0 spiro atoms. The van der Waals surface area contributed by atoms with Crippen LogP contribution in [-0.2, 0) is 9.53 Å². The van der Waals surface area contributed by atoms with Gasteiger partial charge < -0.3 is 20.3 Å². The first-order valence-corrected chi connectivity index (χ1v) is 10.2. The van der Waals surface area contributed by atoms with Gasteiger partial charge in [0.2, 0.25) is 5.91 Å². The number of nitrogens with one attached hydrogen (secondary N) is 2. The summed E-state index contributed by atoms with van der Waals surface area (Å²) in [6.45, 7) is 2.32. The Morgan fingerprint density at radius 3 is 2.67 bits per heavy atom. The number of benzene rings is 1. The predicted molar refractivity (Wildman–Crippen MR) is 104 cm³/mol. The highest BCUT2D eigenvalue weighted by atomic mass is 16.5. The summed E-state index contributed by atoms with van der Waals surface area (Å²) >= 11 is 0. The molecule has 1 heterocycles. The summed E-state index contributed by atoms with van der Waals surface area (Å²) in [6.07, 6.45) is 6.87. The lowest BCUT2D eigenvalue weighted by Gasteiger charge is -2.33. The zero-order valence-corrected chi connectivity index (χ0v) is 16.0. The van der Waals surface area contributed by atoms with Crippen LogP contribution in [-0.4, -0.2) is 49.1 Å². The molecular formula is C21H31N3O3. The van der Waals surface area contributed by atoms with E-state index in [-0.39, 0.29) is 18.0 Å². The Morgan fingerprint density at radius 1 is 1.11 bits per heavy atom. The van der Waals surface area contributed by atoms with Crippen LogP contribution in [0.3, 0.4) is 0 Å². The van der Waals surface area contributed by atoms with Crippen molar-refractivity contribution in [2.45, 2.75) is 57.1 Å². The third kappa shape index (κ3) is 6.24. The molecule has 2 aliphatic rings. The monoisotopic (exact) mass is 373 g/mol. The van der Waals surface area contributed by atoms with Crippen molar-refractivity contribution < 1.29 is 14.3 Å². The molecule has 1 aliphatic heterocycles. The number of nitrogens with zero attached hydrogens (tertiary/aromatic N) is 1. The van der Waals surface area contributed by atoms with Gasteiger partial charge in [0.1, 0.15) is 6.10 Å². The van der Waals surface area contributed by atoms with Gasteiger partial charge in [0, 0.05) is 25.6 Å². The first-order valence-electron chi connectivity index (χ1n) is 10.2. The standard InChI is InChI=1S/C21H31N3O3/c25-20(12-7-13-22-21(26)23-18-10-5-2-6-11-18)24-14-15-27-19(16-24)17-8-3-1-4-9-17/h1,3-4,8-9,18-19H,2,5-7,10-16H2,(H2,22,23,26). The third-order valence-corrected chi connectivity index (χ3v) is 5.38. The van der Waals surface area contributed by atoms with E-state index >= 15 is 0 Å². The minimum Gasteiger partial charge on any atom is -0.370 e. The molecule has 0 radical (unpaired) electrons. The van der Waals surface area contributed by atoms with E-state index in [0.29, 0.717) is 45.1 Å². The van der Waals surface area contributed by atoms with Crippen LogP contribution in [0.1, 0.15) is 56.6 Å². The number of carbonyl (C=O) groups excluding carboxylic acids is 2. The zero-order chi connectivity index (χ0) is 18.9. The normalized spacial score (nSPS) is 20.9. The lowest BCUT2D eigenvalue weighted by Crippen LogP contribution is -2.44. The van der Waals surface area contributed by atoms with Crippen molar-refractivity contribution >= 4 is 11.9 Å². The molecule has 1 atom stereocenters. The van der Waals surface area contributed by atoms with Crippen LogP contribution in [0.5, 0.6) is 0 Å². The first kappa shape index (κ1) is 19.7. The fourth-order valence-electron chi connectivity index (χ4n) is 3.83. The Bertz CT molecular complexity index is 602. The summed E-state index contributed by atoms with van der Waals surface area (Å²) in [6, 6.07) is 10.2. The van der Waals surface area contributed by atoms with Crippen molar-refractivity contribution in [3.63, 3.8) is 0 Å². The molecule has 1 aromatic rings. The van der Waals surface area contributed by atoms with Gasteiger partial charge >= 0.3 is 6.03 Å². The molecule has 1 unspecified atom stereocenters. The SMILES string of the molecule is O=C(NCCCC(=O)N1CCOC(c2ccccc2)C1)NC1CCCCC1. The molecule has 1 aromatic carbocycles. The molecular weight excluding hydrogens is 342 g/mol. The summed E-state index contributed by atoms with van der Waals surface area (Å²) in [5.41, 5.74) is 1.11.